The molecule has 0 aliphatic carbocycles. The lowest BCUT2D eigenvalue weighted by Crippen LogP contribution is -2.48. The van der Waals surface area contributed by atoms with E-state index in [4.69, 9.17) is 10.5 Å². The van der Waals surface area contributed by atoms with Crippen molar-refractivity contribution in [2.75, 3.05) is 19.1 Å². The summed E-state index contributed by atoms with van der Waals surface area (Å²) in [6, 6.07) is -0.103. The fourth-order valence-electron chi connectivity index (χ4n) is 2.04. The molecule has 0 saturated heterocycles. The third kappa shape index (κ3) is 4.80. The van der Waals surface area contributed by atoms with E-state index in [-0.39, 0.29) is 17.4 Å². The molecule has 0 aromatic carbocycles. The molecule has 4 nitrogen and oxygen atoms in total. The molecule has 0 aliphatic heterocycles. The topological polar surface area (TPSA) is 69.4 Å². The van der Waals surface area contributed by atoms with E-state index in [1.807, 2.05) is 13.8 Å². The molecule has 1 unspecified atom stereocenters. The van der Waals surface area contributed by atoms with Crippen LogP contribution in [0.3, 0.4) is 0 Å². The van der Waals surface area contributed by atoms with Crippen LogP contribution < -0.4 is 5.73 Å². The minimum absolute atomic E-state index is 0.103. The second kappa shape index (κ2) is 6.57. The number of hydrogen-bond donors (Lipinski definition) is 1. The van der Waals surface area contributed by atoms with Crippen LogP contribution in [0.15, 0.2) is 0 Å². The second-order valence-electron chi connectivity index (χ2n) is 4.35. The summed E-state index contributed by atoms with van der Waals surface area (Å²) >= 11 is 0. The molecule has 0 aliphatic rings. The van der Waals surface area contributed by atoms with Crippen LogP contribution in [0.5, 0.6) is 0 Å². The Bertz CT molecular complexity index is 275. The molecule has 0 spiro atoms. The first kappa shape index (κ1) is 15.9. The van der Waals surface area contributed by atoms with E-state index in [9.17, 15) is 8.42 Å². The molecule has 0 rings (SSSR count). The monoisotopic (exact) mass is 251 g/mol. The van der Waals surface area contributed by atoms with Crippen LogP contribution in [-0.4, -0.2) is 39.2 Å². The highest BCUT2D eigenvalue weighted by atomic mass is 32.2. The maximum atomic E-state index is 11.0. The van der Waals surface area contributed by atoms with Crippen molar-refractivity contribution in [3.05, 3.63) is 0 Å². The average Bonchev–Trinajstić information content (AvgIpc) is 2.19. The summed E-state index contributed by atoms with van der Waals surface area (Å²) in [6.07, 6.45) is 4.23. The standard InChI is InChI=1S/C11H25NO3S/c1-5-11(6-2,15-3)10(12)8-7-9-16(4,13)14/h10H,5-9,12H2,1-4H3. The minimum Gasteiger partial charge on any atom is -0.377 e. The van der Waals surface area contributed by atoms with Gasteiger partial charge in [-0.2, -0.15) is 0 Å². The van der Waals surface area contributed by atoms with E-state index >= 15 is 0 Å². The predicted octanol–water partition coefficient (Wildman–Crippen LogP) is 1.34. The van der Waals surface area contributed by atoms with Crippen molar-refractivity contribution in [1.29, 1.82) is 0 Å². The summed E-state index contributed by atoms with van der Waals surface area (Å²) in [5.74, 6) is 0.202. The van der Waals surface area contributed by atoms with Gasteiger partial charge in [0.15, 0.2) is 0 Å². The molecular weight excluding hydrogens is 226 g/mol. The molecule has 0 saturated carbocycles. The zero-order valence-corrected chi connectivity index (χ0v) is 11.6. The van der Waals surface area contributed by atoms with E-state index < -0.39 is 9.84 Å². The second-order valence-corrected chi connectivity index (χ2v) is 6.61. The first-order valence-electron chi connectivity index (χ1n) is 5.79. The van der Waals surface area contributed by atoms with Crippen LogP contribution in [0, 0.1) is 0 Å². The van der Waals surface area contributed by atoms with Crippen molar-refractivity contribution in [3.8, 4) is 0 Å². The van der Waals surface area contributed by atoms with Crippen LogP contribution >= 0.6 is 0 Å². The molecule has 0 aromatic heterocycles. The number of ether oxygens (including phenoxy) is 1. The average molecular weight is 251 g/mol. The highest BCUT2D eigenvalue weighted by Crippen LogP contribution is 2.25. The van der Waals surface area contributed by atoms with Gasteiger partial charge >= 0.3 is 0 Å². The third-order valence-corrected chi connectivity index (χ3v) is 4.34. The maximum Gasteiger partial charge on any atom is 0.147 e. The Kier molecular flexibility index (Phi) is 6.51. The summed E-state index contributed by atoms with van der Waals surface area (Å²) in [5, 5.41) is 0. The summed E-state index contributed by atoms with van der Waals surface area (Å²) in [6.45, 7) is 4.09. The van der Waals surface area contributed by atoms with Gasteiger partial charge in [0.2, 0.25) is 0 Å². The summed E-state index contributed by atoms with van der Waals surface area (Å²) < 4.78 is 27.5. The Morgan fingerprint density at radius 1 is 1.31 bits per heavy atom. The molecule has 98 valence electrons. The van der Waals surface area contributed by atoms with Crippen LogP contribution in [0.4, 0.5) is 0 Å². The van der Waals surface area contributed by atoms with Crippen LogP contribution in [-0.2, 0) is 14.6 Å². The van der Waals surface area contributed by atoms with Crippen molar-refractivity contribution < 1.29 is 13.2 Å². The number of sulfone groups is 1. The molecule has 0 bridgehead atoms. The molecule has 0 radical (unpaired) electrons. The lowest BCUT2D eigenvalue weighted by molar-refractivity contribution is -0.0394. The Hall–Kier alpha value is -0.130. The first-order valence-corrected chi connectivity index (χ1v) is 7.85. The minimum atomic E-state index is -2.88. The molecule has 5 heteroatoms. The van der Waals surface area contributed by atoms with Gasteiger partial charge in [-0.1, -0.05) is 13.8 Å². The summed E-state index contributed by atoms with van der Waals surface area (Å²) in [5.41, 5.74) is 5.79. The molecular formula is C11H25NO3S. The molecule has 2 N–H and O–H groups in total. The Morgan fingerprint density at radius 2 is 1.81 bits per heavy atom. The number of hydrogen-bond acceptors (Lipinski definition) is 4. The van der Waals surface area contributed by atoms with Gasteiger partial charge in [-0.3, -0.25) is 0 Å². The van der Waals surface area contributed by atoms with Crippen molar-refractivity contribution in [1.82, 2.24) is 0 Å². The van der Waals surface area contributed by atoms with E-state index in [0.29, 0.717) is 12.8 Å². The van der Waals surface area contributed by atoms with Gasteiger partial charge in [-0.05, 0) is 25.7 Å². The maximum absolute atomic E-state index is 11.0. The lowest BCUT2D eigenvalue weighted by atomic mass is 9.86. The SMILES string of the molecule is CCC(CC)(OC)C(N)CCCS(C)(=O)=O. The third-order valence-electron chi connectivity index (χ3n) is 3.31. The van der Waals surface area contributed by atoms with Gasteiger partial charge in [0.05, 0.1) is 5.60 Å². The fourth-order valence-corrected chi connectivity index (χ4v) is 2.73. The van der Waals surface area contributed by atoms with E-state index in [2.05, 4.69) is 0 Å². The van der Waals surface area contributed by atoms with Gasteiger partial charge in [0.25, 0.3) is 0 Å². The molecule has 16 heavy (non-hydrogen) atoms. The molecule has 0 heterocycles. The fraction of sp³-hybridized carbons (Fsp3) is 1.00. The quantitative estimate of drug-likeness (QED) is 0.707. The van der Waals surface area contributed by atoms with Crippen LogP contribution in [0.25, 0.3) is 0 Å². The normalized spacial score (nSPS) is 15.1. The number of methoxy groups -OCH3 is 1. The van der Waals surface area contributed by atoms with Crippen molar-refractivity contribution in [3.63, 3.8) is 0 Å². The molecule has 0 fully saturated rings. The van der Waals surface area contributed by atoms with Gasteiger partial charge in [0, 0.05) is 25.2 Å². The van der Waals surface area contributed by atoms with Crippen molar-refractivity contribution in [2.24, 2.45) is 5.73 Å². The predicted molar refractivity (Wildman–Crippen MR) is 67.2 cm³/mol. The van der Waals surface area contributed by atoms with Crippen LogP contribution in [0.2, 0.25) is 0 Å². The summed E-state index contributed by atoms with van der Waals surface area (Å²) in [7, 11) is -1.21. The van der Waals surface area contributed by atoms with E-state index in [1.165, 1.54) is 6.26 Å². The molecule has 1 atom stereocenters. The van der Waals surface area contributed by atoms with Crippen molar-refractivity contribution >= 4 is 9.84 Å². The van der Waals surface area contributed by atoms with Crippen LogP contribution in [0.1, 0.15) is 39.5 Å². The van der Waals surface area contributed by atoms with Gasteiger partial charge < -0.3 is 10.5 Å². The molecule has 0 aromatic rings. The highest BCUT2D eigenvalue weighted by Gasteiger charge is 2.32. The summed E-state index contributed by atoms with van der Waals surface area (Å²) in [4.78, 5) is 0. The Labute approximate surface area is 99.5 Å². The number of nitrogens with two attached hydrogens (primary N) is 1. The van der Waals surface area contributed by atoms with Crippen molar-refractivity contribution in [2.45, 2.75) is 51.2 Å². The zero-order valence-electron chi connectivity index (χ0n) is 10.8. The largest absolute Gasteiger partial charge is 0.377 e. The van der Waals surface area contributed by atoms with Gasteiger partial charge in [0.1, 0.15) is 9.84 Å². The smallest absolute Gasteiger partial charge is 0.147 e. The van der Waals surface area contributed by atoms with Gasteiger partial charge in [-0.15, -0.1) is 0 Å². The first-order chi connectivity index (χ1) is 7.31. The Morgan fingerprint density at radius 3 is 2.12 bits per heavy atom. The Balaban J connectivity index is 4.27. The van der Waals surface area contributed by atoms with Gasteiger partial charge in [-0.25, -0.2) is 8.42 Å². The zero-order chi connectivity index (χ0) is 12.8. The van der Waals surface area contributed by atoms with E-state index in [0.717, 1.165) is 12.8 Å². The van der Waals surface area contributed by atoms with E-state index in [1.54, 1.807) is 7.11 Å². The lowest BCUT2D eigenvalue weighted by Gasteiger charge is -2.36. The molecule has 0 amide bonds. The number of rotatable bonds is 8. The highest BCUT2D eigenvalue weighted by molar-refractivity contribution is 7.90.